The number of carbonyl (C=O) groups excluding carboxylic acids is 2. The number of rotatable bonds is 12. The average Bonchev–Trinajstić information content (AvgIpc) is 2.59. The number of hydrogen-bond donors (Lipinski definition) is 1. The zero-order valence-corrected chi connectivity index (χ0v) is 18.1. The molecule has 1 N–H and O–H groups in total. The van der Waals surface area contributed by atoms with Crippen molar-refractivity contribution in [2.75, 3.05) is 0 Å². The van der Waals surface area contributed by atoms with Gasteiger partial charge in [-0.1, -0.05) is 32.1 Å². The van der Waals surface area contributed by atoms with E-state index >= 15 is 0 Å². The molecule has 0 bridgehead atoms. The normalized spacial score (nSPS) is 18.1. The Labute approximate surface area is 168 Å². The molecule has 28 heavy (non-hydrogen) atoms. The summed E-state index contributed by atoms with van der Waals surface area (Å²) in [5, 5.41) is 10.6. The van der Waals surface area contributed by atoms with Gasteiger partial charge in [0.15, 0.2) is 11.6 Å². The second-order valence-corrected chi connectivity index (χ2v) is 8.70. The third-order valence-electron chi connectivity index (χ3n) is 5.81. The Morgan fingerprint density at radius 1 is 0.714 bits per heavy atom. The van der Waals surface area contributed by atoms with Crippen LogP contribution in [0.4, 0.5) is 8.78 Å². The molecule has 0 amide bonds. The van der Waals surface area contributed by atoms with Crippen molar-refractivity contribution in [1.29, 1.82) is 0 Å². The van der Waals surface area contributed by atoms with Gasteiger partial charge in [-0.15, -0.1) is 0 Å². The number of halogens is 2. The minimum Gasteiger partial charge on any atom is -0.390 e. The number of Topliss-reactive ketones (excluding diaryl/α,β-unsaturated/α-hetero) is 2. The number of unbranched alkanes of at least 4 members (excludes halogenated alkanes) is 5. The molecular formula is C23H36F2O3. The minimum absolute atomic E-state index is 0.0492. The molecule has 0 unspecified atom stereocenters. The van der Waals surface area contributed by atoms with E-state index in [9.17, 15) is 23.5 Å². The van der Waals surface area contributed by atoms with E-state index in [0.29, 0.717) is 48.0 Å². The molecule has 0 radical (unpaired) electrons. The number of ketones is 2. The maximum absolute atomic E-state index is 12.7. The predicted octanol–water partition coefficient (Wildman–Crippen LogP) is 6.10. The van der Waals surface area contributed by atoms with Crippen molar-refractivity contribution in [2.45, 2.75) is 110 Å². The molecule has 1 rings (SSSR count). The molecule has 0 fully saturated rings. The van der Waals surface area contributed by atoms with Crippen molar-refractivity contribution in [1.82, 2.24) is 0 Å². The largest absolute Gasteiger partial charge is 0.390 e. The lowest BCUT2D eigenvalue weighted by Gasteiger charge is -2.25. The Morgan fingerprint density at radius 3 is 1.71 bits per heavy atom. The van der Waals surface area contributed by atoms with Crippen molar-refractivity contribution in [3.8, 4) is 0 Å². The van der Waals surface area contributed by atoms with Gasteiger partial charge in [0.1, 0.15) is 0 Å². The highest BCUT2D eigenvalue weighted by Crippen LogP contribution is 2.30. The van der Waals surface area contributed by atoms with Gasteiger partial charge in [-0.05, 0) is 60.3 Å². The summed E-state index contributed by atoms with van der Waals surface area (Å²) in [4.78, 5) is 24.7. The molecule has 0 aromatic rings. The Hall–Kier alpha value is -1.36. The lowest BCUT2D eigenvalue weighted by molar-refractivity contribution is -0.116. The average molecular weight is 399 g/mol. The van der Waals surface area contributed by atoms with Crippen molar-refractivity contribution < 1.29 is 23.5 Å². The predicted molar refractivity (Wildman–Crippen MR) is 109 cm³/mol. The van der Waals surface area contributed by atoms with Crippen LogP contribution >= 0.6 is 0 Å². The first-order valence-corrected chi connectivity index (χ1v) is 10.4. The summed E-state index contributed by atoms with van der Waals surface area (Å²) < 4.78 is 25.5. The van der Waals surface area contributed by atoms with E-state index in [-0.39, 0.29) is 18.0 Å². The molecule has 0 aromatic carbocycles. The van der Waals surface area contributed by atoms with E-state index in [4.69, 9.17) is 0 Å². The van der Waals surface area contributed by atoms with Gasteiger partial charge in [-0.3, -0.25) is 9.59 Å². The second kappa shape index (κ2) is 10.4. The molecule has 1 atom stereocenters. The third kappa shape index (κ3) is 7.94. The van der Waals surface area contributed by atoms with E-state index in [0.717, 1.165) is 39.0 Å². The highest BCUT2D eigenvalue weighted by atomic mass is 19.3. The van der Waals surface area contributed by atoms with Crippen LogP contribution in [0.5, 0.6) is 0 Å². The molecule has 5 heteroatoms. The van der Waals surface area contributed by atoms with Gasteiger partial charge in [0, 0.05) is 28.7 Å². The Bertz CT molecular complexity index is 637. The van der Waals surface area contributed by atoms with E-state index < -0.39 is 11.5 Å². The molecule has 0 saturated heterocycles. The van der Waals surface area contributed by atoms with Gasteiger partial charge >= 0.3 is 0 Å². The minimum atomic E-state index is -2.57. The second-order valence-electron chi connectivity index (χ2n) is 8.70. The smallest absolute Gasteiger partial charge is 0.245 e. The van der Waals surface area contributed by atoms with Crippen LogP contribution in [0.25, 0.3) is 0 Å². The fourth-order valence-corrected chi connectivity index (χ4v) is 3.62. The zero-order valence-electron chi connectivity index (χ0n) is 18.1. The van der Waals surface area contributed by atoms with Gasteiger partial charge in [-0.2, -0.15) is 0 Å². The van der Waals surface area contributed by atoms with Gasteiger partial charge in [-0.25, -0.2) is 8.78 Å². The van der Waals surface area contributed by atoms with Gasteiger partial charge < -0.3 is 5.11 Å². The van der Waals surface area contributed by atoms with Gasteiger partial charge in [0.25, 0.3) is 0 Å². The highest BCUT2D eigenvalue weighted by Gasteiger charge is 2.29. The zero-order chi connectivity index (χ0) is 21.5. The first-order valence-electron chi connectivity index (χ1n) is 10.4. The molecule has 0 aromatic heterocycles. The monoisotopic (exact) mass is 398 g/mol. The maximum atomic E-state index is 12.7. The summed E-state index contributed by atoms with van der Waals surface area (Å²) in [6.45, 7) is 7.79. The first kappa shape index (κ1) is 24.7. The van der Waals surface area contributed by atoms with E-state index in [1.54, 1.807) is 27.7 Å². The Balaban J connectivity index is 2.33. The van der Waals surface area contributed by atoms with Gasteiger partial charge in [0.05, 0.1) is 5.60 Å². The van der Waals surface area contributed by atoms with Crippen LogP contribution in [0.1, 0.15) is 98.8 Å². The number of alkyl halides is 2. The molecule has 0 aliphatic heterocycles. The summed E-state index contributed by atoms with van der Waals surface area (Å²) in [6, 6.07) is 0. The standard InChI is InChI=1S/C23H36F2O3/c1-16-17(2)21(27)19(18(3)20(16)26)12-15-22(4,28)13-10-8-6-7-9-11-14-23(5,24)25/h28H,6-15H2,1-5H3/t22-/m1/s1. The van der Waals surface area contributed by atoms with Crippen molar-refractivity contribution in [3.63, 3.8) is 0 Å². The molecule has 1 aliphatic rings. The fraction of sp³-hybridized carbons (Fsp3) is 0.739. The molecule has 0 heterocycles. The van der Waals surface area contributed by atoms with Crippen molar-refractivity contribution in [2.24, 2.45) is 0 Å². The van der Waals surface area contributed by atoms with Crippen molar-refractivity contribution >= 4 is 11.6 Å². The summed E-state index contributed by atoms with van der Waals surface area (Å²) in [7, 11) is 0. The van der Waals surface area contributed by atoms with Crippen LogP contribution in [-0.4, -0.2) is 28.2 Å². The highest BCUT2D eigenvalue weighted by molar-refractivity contribution is 6.24. The van der Waals surface area contributed by atoms with E-state index in [1.165, 1.54) is 0 Å². The van der Waals surface area contributed by atoms with Crippen LogP contribution in [0.3, 0.4) is 0 Å². The molecule has 160 valence electrons. The van der Waals surface area contributed by atoms with Crippen LogP contribution in [-0.2, 0) is 9.59 Å². The van der Waals surface area contributed by atoms with Crippen molar-refractivity contribution in [3.05, 3.63) is 22.3 Å². The number of allylic oxidation sites excluding steroid dienone is 4. The third-order valence-corrected chi connectivity index (χ3v) is 5.81. The van der Waals surface area contributed by atoms with Gasteiger partial charge in [0.2, 0.25) is 5.92 Å². The number of aliphatic hydroxyl groups is 1. The molecule has 0 saturated carbocycles. The van der Waals surface area contributed by atoms with Crippen LogP contribution in [0, 0.1) is 0 Å². The molecular weight excluding hydrogens is 362 g/mol. The topological polar surface area (TPSA) is 54.4 Å². The summed E-state index contributed by atoms with van der Waals surface area (Å²) in [6.07, 6.45) is 6.52. The fourth-order valence-electron chi connectivity index (χ4n) is 3.62. The SMILES string of the molecule is CC1=C(C)C(=O)C(CC[C@](C)(O)CCCCCCCCC(C)(F)F)=C(C)C1=O. The number of hydrogen-bond acceptors (Lipinski definition) is 3. The lowest BCUT2D eigenvalue weighted by Crippen LogP contribution is -2.26. The Kier molecular flexibility index (Phi) is 9.19. The summed E-state index contributed by atoms with van der Waals surface area (Å²) in [5.41, 5.74) is 1.17. The van der Waals surface area contributed by atoms with Crippen LogP contribution < -0.4 is 0 Å². The molecule has 3 nitrogen and oxygen atoms in total. The summed E-state index contributed by atoms with van der Waals surface area (Å²) in [5.74, 6) is -2.72. The van der Waals surface area contributed by atoms with Crippen LogP contribution in [0.15, 0.2) is 22.3 Å². The molecule has 0 spiro atoms. The number of carbonyl (C=O) groups is 2. The Morgan fingerprint density at radius 2 is 1.18 bits per heavy atom. The first-order chi connectivity index (χ1) is 12.9. The van der Waals surface area contributed by atoms with Crippen LogP contribution in [0.2, 0.25) is 0 Å². The quantitative estimate of drug-likeness (QED) is 0.319. The van der Waals surface area contributed by atoms with E-state index in [2.05, 4.69) is 0 Å². The lowest BCUT2D eigenvalue weighted by atomic mass is 9.81. The summed E-state index contributed by atoms with van der Waals surface area (Å²) >= 11 is 0. The maximum Gasteiger partial charge on any atom is 0.245 e. The van der Waals surface area contributed by atoms with E-state index in [1.807, 2.05) is 0 Å². The molecule has 1 aliphatic carbocycles.